The van der Waals surface area contributed by atoms with E-state index in [1.165, 1.54) is 30.9 Å². The van der Waals surface area contributed by atoms with Crippen LogP contribution in [0.25, 0.3) is 5.69 Å². The van der Waals surface area contributed by atoms with Crippen LogP contribution in [0.2, 0.25) is 0 Å². The van der Waals surface area contributed by atoms with Crippen molar-refractivity contribution in [1.29, 1.82) is 0 Å². The summed E-state index contributed by atoms with van der Waals surface area (Å²) in [6.45, 7) is 1.87. The van der Waals surface area contributed by atoms with Crippen molar-refractivity contribution >= 4 is 5.69 Å². The Morgan fingerprint density at radius 1 is 1.42 bits per heavy atom. The van der Waals surface area contributed by atoms with Crippen LogP contribution >= 0.6 is 0 Å². The van der Waals surface area contributed by atoms with Gasteiger partial charge in [-0.05, 0) is 42.9 Å². The minimum atomic E-state index is -0.375. The van der Waals surface area contributed by atoms with Crippen LogP contribution in [0.4, 0.5) is 5.69 Å². The SMILES string of the molecule is Cc1cc([N+](=O)[O-])ccc1-n1cc(C2CCC2)cn1. The Labute approximate surface area is 111 Å². The smallest absolute Gasteiger partial charge is 0.258 e. The summed E-state index contributed by atoms with van der Waals surface area (Å²) in [5.41, 5.74) is 3.14. The average molecular weight is 257 g/mol. The quantitative estimate of drug-likeness (QED) is 0.625. The molecule has 19 heavy (non-hydrogen) atoms. The predicted octanol–water partition coefficient (Wildman–Crippen LogP) is 3.36. The Bertz CT molecular complexity index is 629. The molecule has 0 amide bonds. The number of benzene rings is 1. The van der Waals surface area contributed by atoms with Crippen molar-refractivity contribution in [2.45, 2.75) is 32.1 Å². The molecular weight excluding hydrogens is 242 g/mol. The Kier molecular flexibility index (Phi) is 2.81. The highest BCUT2D eigenvalue weighted by molar-refractivity contribution is 5.47. The molecule has 1 aliphatic rings. The molecule has 1 heterocycles. The fraction of sp³-hybridized carbons (Fsp3) is 0.357. The van der Waals surface area contributed by atoms with Crippen molar-refractivity contribution in [2.75, 3.05) is 0 Å². The van der Waals surface area contributed by atoms with E-state index in [1.54, 1.807) is 12.1 Å². The maximum absolute atomic E-state index is 10.7. The lowest BCUT2D eigenvalue weighted by molar-refractivity contribution is -0.384. The largest absolute Gasteiger partial charge is 0.269 e. The third kappa shape index (κ3) is 2.12. The number of nitro benzene ring substituents is 1. The van der Waals surface area contributed by atoms with Gasteiger partial charge in [-0.15, -0.1) is 0 Å². The van der Waals surface area contributed by atoms with Crippen molar-refractivity contribution in [3.05, 3.63) is 51.8 Å². The van der Waals surface area contributed by atoms with E-state index >= 15 is 0 Å². The van der Waals surface area contributed by atoms with Crippen LogP contribution < -0.4 is 0 Å². The molecule has 0 aliphatic heterocycles. The van der Waals surface area contributed by atoms with Gasteiger partial charge in [0.1, 0.15) is 0 Å². The third-order valence-electron chi connectivity index (χ3n) is 3.82. The van der Waals surface area contributed by atoms with Crippen LogP contribution in [-0.4, -0.2) is 14.7 Å². The Hall–Kier alpha value is -2.17. The fourth-order valence-corrected chi connectivity index (χ4v) is 2.43. The summed E-state index contributed by atoms with van der Waals surface area (Å²) in [5.74, 6) is 0.645. The maximum Gasteiger partial charge on any atom is 0.269 e. The highest BCUT2D eigenvalue weighted by Crippen LogP contribution is 2.36. The molecule has 0 bridgehead atoms. The second kappa shape index (κ2) is 4.50. The van der Waals surface area contributed by atoms with Crippen molar-refractivity contribution in [3.8, 4) is 5.69 Å². The molecule has 5 heteroatoms. The first-order valence-electron chi connectivity index (χ1n) is 6.45. The van der Waals surface area contributed by atoms with Gasteiger partial charge in [0.2, 0.25) is 0 Å². The first kappa shape index (κ1) is 11.9. The predicted molar refractivity (Wildman–Crippen MR) is 71.5 cm³/mol. The highest BCUT2D eigenvalue weighted by atomic mass is 16.6. The summed E-state index contributed by atoms with van der Waals surface area (Å²) < 4.78 is 1.81. The van der Waals surface area contributed by atoms with E-state index in [-0.39, 0.29) is 10.6 Å². The van der Waals surface area contributed by atoms with E-state index in [1.807, 2.05) is 24.0 Å². The lowest BCUT2D eigenvalue weighted by atomic mass is 9.81. The van der Waals surface area contributed by atoms with Crippen LogP contribution in [0.3, 0.4) is 0 Å². The lowest BCUT2D eigenvalue weighted by Crippen LogP contribution is -2.07. The molecule has 1 aromatic heterocycles. The van der Waals surface area contributed by atoms with Gasteiger partial charge in [-0.2, -0.15) is 5.10 Å². The number of rotatable bonds is 3. The van der Waals surface area contributed by atoms with Crippen molar-refractivity contribution in [2.24, 2.45) is 0 Å². The summed E-state index contributed by atoms with van der Waals surface area (Å²) in [4.78, 5) is 10.3. The number of aryl methyl sites for hydroxylation is 1. The van der Waals surface area contributed by atoms with Crippen LogP contribution in [-0.2, 0) is 0 Å². The van der Waals surface area contributed by atoms with E-state index in [2.05, 4.69) is 5.10 Å². The molecule has 1 fully saturated rings. The van der Waals surface area contributed by atoms with Gasteiger partial charge in [0.15, 0.2) is 0 Å². The summed E-state index contributed by atoms with van der Waals surface area (Å²) >= 11 is 0. The average Bonchev–Trinajstić information content (AvgIpc) is 2.75. The third-order valence-corrected chi connectivity index (χ3v) is 3.82. The van der Waals surface area contributed by atoms with E-state index < -0.39 is 0 Å². The van der Waals surface area contributed by atoms with Crippen molar-refractivity contribution in [1.82, 2.24) is 9.78 Å². The molecule has 0 spiro atoms. The molecule has 1 aromatic carbocycles. The van der Waals surface area contributed by atoms with Gasteiger partial charge in [-0.3, -0.25) is 10.1 Å². The number of aromatic nitrogens is 2. The number of hydrogen-bond donors (Lipinski definition) is 0. The topological polar surface area (TPSA) is 61.0 Å². The van der Waals surface area contributed by atoms with Crippen molar-refractivity contribution in [3.63, 3.8) is 0 Å². The van der Waals surface area contributed by atoms with Crippen LogP contribution in [0.1, 0.15) is 36.3 Å². The van der Waals surface area contributed by atoms with Gasteiger partial charge in [-0.25, -0.2) is 4.68 Å². The monoisotopic (exact) mass is 257 g/mol. The lowest BCUT2D eigenvalue weighted by Gasteiger charge is -2.23. The fourth-order valence-electron chi connectivity index (χ4n) is 2.43. The molecule has 0 atom stereocenters. The van der Waals surface area contributed by atoms with Crippen molar-refractivity contribution < 1.29 is 4.92 Å². The summed E-state index contributed by atoms with van der Waals surface area (Å²) in [6, 6.07) is 4.86. The zero-order valence-corrected chi connectivity index (χ0v) is 10.7. The molecule has 0 unspecified atom stereocenters. The molecule has 0 radical (unpaired) electrons. The second-order valence-electron chi connectivity index (χ2n) is 5.07. The zero-order chi connectivity index (χ0) is 13.4. The molecule has 98 valence electrons. The summed E-state index contributed by atoms with van der Waals surface area (Å²) in [7, 11) is 0. The van der Waals surface area contributed by atoms with Gasteiger partial charge in [-0.1, -0.05) is 6.42 Å². The number of nitrogens with zero attached hydrogens (tertiary/aromatic N) is 3. The van der Waals surface area contributed by atoms with Gasteiger partial charge < -0.3 is 0 Å². The van der Waals surface area contributed by atoms with Gasteiger partial charge in [0.25, 0.3) is 5.69 Å². The second-order valence-corrected chi connectivity index (χ2v) is 5.07. The maximum atomic E-state index is 10.7. The van der Waals surface area contributed by atoms with Crippen LogP contribution in [0.15, 0.2) is 30.6 Å². The van der Waals surface area contributed by atoms with Gasteiger partial charge >= 0.3 is 0 Å². The highest BCUT2D eigenvalue weighted by Gasteiger charge is 2.21. The molecule has 1 aliphatic carbocycles. The molecule has 3 rings (SSSR count). The number of hydrogen-bond acceptors (Lipinski definition) is 3. The van der Waals surface area contributed by atoms with E-state index in [4.69, 9.17) is 0 Å². The first-order chi connectivity index (χ1) is 9.15. The molecule has 0 saturated heterocycles. The number of non-ortho nitro benzene ring substituents is 1. The zero-order valence-electron chi connectivity index (χ0n) is 10.7. The minimum absolute atomic E-state index is 0.118. The van der Waals surface area contributed by atoms with E-state index in [0.29, 0.717) is 5.92 Å². The Balaban J connectivity index is 1.93. The molecule has 2 aromatic rings. The molecule has 1 saturated carbocycles. The summed E-state index contributed by atoms with van der Waals surface area (Å²) in [5, 5.41) is 15.1. The van der Waals surface area contributed by atoms with E-state index in [0.717, 1.165) is 11.3 Å². The van der Waals surface area contributed by atoms with Gasteiger partial charge in [0.05, 0.1) is 16.8 Å². The van der Waals surface area contributed by atoms with Gasteiger partial charge in [0, 0.05) is 18.3 Å². The summed E-state index contributed by atoms with van der Waals surface area (Å²) in [6.07, 6.45) is 7.73. The number of nitro groups is 1. The molecular formula is C14H15N3O2. The molecule has 0 N–H and O–H groups in total. The van der Waals surface area contributed by atoms with E-state index in [9.17, 15) is 10.1 Å². The Morgan fingerprint density at radius 3 is 2.79 bits per heavy atom. The first-order valence-corrected chi connectivity index (χ1v) is 6.45. The Morgan fingerprint density at radius 2 is 2.21 bits per heavy atom. The normalized spacial score (nSPS) is 15.2. The molecule has 5 nitrogen and oxygen atoms in total. The minimum Gasteiger partial charge on any atom is -0.258 e. The van der Waals surface area contributed by atoms with Crippen LogP contribution in [0, 0.1) is 17.0 Å². The standard InChI is InChI=1S/C14H15N3O2/c1-10-7-13(17(18)19)5-6-14(10)16-9-12(8-15-16)11-3-2-4-11/h5-9,11H,2-4H2,1H3. The van der Waals surface area contributed by atoms with Crippen LogP contribution in [0.5, 0.6) is 0 Å².